The summed E-state index contributed by atoms with van der Waals surface area (Å²) in [5.74, 6) is -0.598. The minimum absolute atomic E-state index is 0.0247. The number of benzene rings is 1. The Kier molecular flexibility index (Phi) is 5.70. The monoisotopic (exact) mass is 277 g/mol. The van der Waals surface area contributed by atoms with Crippen LogP contribution in [0.15, 0.2) is 18.2 Å². The molecule has 1 aromatic carbocycles. The first-order valence-corrected chi connectivity index (χ1v) is 6.68. The van der Waals surface area contributed by atoms with Crippen molar-refractivity contribution >= 4 is 17.5 Å². The van der Waals surface area contributed by atoms with Crippen molar-refractivity contribution in [2.45, 2.75) is 20.8 Å². The van der Waals surface area contributed by atoms with E-state index in [1.807, 2.05) is 32.0 Å². The van der Waals surface area contributed by atoms with Gasteiger partial charge in [0.05, 0.1) is 6.54 Å². The van der Waals surface area contributed by atoms with Gasteiger partial charge in [-0.05, 0) is 25.0 Å². The molecule has 1 atom stereocenters. The lowest BCUT2D eigenvalue weighted by molar-refractivity contribution is -0.136. The maximum atomic E-state index is 12.0. The van der Waals surface area contributed by atoms with Gasteiger partial charge in [0.25, 0.3) is 0 Å². The Morgan fingerprint density at radius 1 is 1.30 bits per heavy atom. The predicted molar refractivity (Wildman–Crippen MR) is 80.4 cm³/mol. The second-order valence-electron chi connectivity index (χ2n) is 5.15. The largest absolute Gasteiger partial charge is 0.336 e. The van der Waals surface area contributed by atoms with Crippen molar-refractivity contribution in [2.24, 2.45) is 11.7 Å². The SMILES string of the molecule is Cc1cccc(C)c1NC(=O)CN(C)C(=O)C(C)CN. The first-order valence-electron chi connectivity index (χ1n) is 6.68. The fraction of sp³-hybridized carbons (Fsp3) is 0.467. The van der Waals surface area contributed by atoms with Gasteiger partial charge in [-0.25, -0.2) is 0 Å². The smallest absolute Gasteiger partial charge is 0.243 e. The van der Waals surface area contributed by atoms with Gasteiger partial charge in [-0.15, -0.1) is 0 Å². The van der Waals surface area contributed by atoms with Crippen molar-refractivity contribution in [3.63, 3.8) is 0 Å². The fourth-order valence-corrected chi connectivity index (χ4v) is 1.96. The minimum Gasteiger partial charge on any atom is -0.336 e. The number of hydrogen-bond donors (Lipinski definition) is 2. The van der Waals surface area contributed by atoms with E-state index in [2.05, 4.69) is 5.32 Å². The van der Waals surface area contributed by atoms with Crippen molar-refractivity contribution in [3.8, 4) is 0 Å². The van der Waals surface area contributed by atoms with Gasteiger partial charge in [-0.2, -0.15) is 0 Å². The topological polar surface area (TPSA) is 75.4 Å². The molecular weight excluding hydrogens is 254 g/mol. The van der Waals surface area contributed by atoms with Crippen molar-refractivity contribution in [2.75, 3.05) is 25.5 Å². The molecule has 0 aliphatic rings. The van der Waals surface area contributed by atoms with Crippen LogP contribution in [0.5, 0.6) is 0 Å². The quantitative estimate of drug-likeness (QED) is 0.851. The van der Waals surface area contributed by atoms with E-state index in [0.29, 0.717) is 0 Å². The molecule has 0 aromatic heterocycles. The third-order valence-electron chi connectivity index (χ3n) is 3.28. The lowest BCUT2D eigenvalue weighted by Gasteiger charge is -2.20. The van der Waals surface area contributed by atoms with Crippen LogP contribution in [0.3, 0.4) is 0 Å². The van der Waals surface area contributed by atoms with E-state index < -0.39 is 0 Å². The number of nitrogens with zero attached hydrogens (tertiary/aromatic N) is 1. The summed E-state index contributed by atoms with van der Waals surface area (Å²) in [4.78, 5) is 25.3. The number of rotatable bonds is 5. The van der Waals surface area contributed by atoms with Gasteiger partial charge in [-0.3, -0.25) is 9.59 Å². The number of nitrogens with one attached hydrogen (secondary N) is 1. The lowest BCUT2D eigenvalue weighted by Crippen LogP contribution is -2.39. The predicted octanol–water partition coefficient (Wildman–Crippen LogP) is 1.30. The molecule has 0 heterocycles. The van der Waals surface area contributed by atoms with Crippen LogP contribution < -0.4 is 11.1 Å². The molecule has 0 radical (unpaired) electrons. The van der Waals surface area contributed by atoms with Gasteiger partial charge in [0.1, 0.15) is 0 Å². The molecule has 1 aromatic rings. The highest BCUT2D eigenvalue weighted by molar-refractivity contribution is 5.95. The molecule has 1 unspecified atom stereocenters. The van der Waals surface area contributed by atoms with Gasteiger partial charge < -0.3 is 16.0 Å². The highest BCUT2D eigenvalue weighted by Crippen LogP contribution is 2.19. The molecule has 2 amide bonds. The molecule has 0 fully saturated rings. The van der Waals surface area contributed by atoms with E-state index >= 15 is 0 Å². The van der Waals surface area contributed by atoms with Crippen molar-refractivity contribution in [3.05, 3.63) is 29.3 Å². The van der Waals surface area contributed by atoms with Crippen LogP contribution >= 0.6 is 0 Å². The Morgan fingerprint density at radius 2 is 1.85 bits per heavy atom. The molecule has 1 rings (SSSR count). The number of amides is 2. The van der Waals surface area contributed by atoms with Crippen LogP contribution in [-0.4, -0.2) is 36.9 Å². The number of aryl methyl sites for hydroxylation is 2. The van der Waals surface area contributed by atoms with Crippen LogP contribution in [0.4, 0.5) is 5.69 Å². The van der Waals surface area contributed by atoms with E-state index in [1.165, 1.54) is 4.90 Å². The maximum absolute atomic E-state index is 12.0. The van der Waals surface area contributed by atoms with Crippen LogP contribution in [0.1, 0.15) is 18.1 Å². The molecule has 5 heteroatoms. The molecule has 0 saturated carbocycles. The van der Waals surface area contributed by atoms with Crippen molar-refractivity contribution < 1.29 is 9.59 Å². The zero-order valence-corrected chi connectivity index (χ0v) is 12.6. The number of carbonyl (C=O) groups is 2. The first kappa shape index (κ1) is 16.2. The number of para-hydroxylation sites is 1. The summed E-state index contributed by atoms with van der Waals surface area (Å²) >= 11 is 0. The van der Waals surface area contributed by atoms with E-state index in [0.717, 1.165) is 16.8 Å². The summed E-state index contributed by atoms with van der Waals surface area (Å²) in [7, 11) is 1.61. The third-order valence-corrected chi connectivity index (χ3v) is 3.28. The molecule has 0 saturated heterocycles. The highest BCUT2D eigenvalue weighted by Gasteiger charge is 2.18. The summed E-state index contributed by atoms with van der Waals surface area (Å²) < 4.78 is 0. The van der Waals surface area contributed by atoms with Crippen LogP contribution in [0, 0.1) is 19.8 Å². The number of likely N-dealkylation sites (N-methyl/N-ethyl adjacent to an activating group) is 1. The van der Waals surface area contributed by atoms with Crippen LogP contribution in [-0.2, 0) is 9.59 Å². The summed E-state index contributed by atoms with van der Waals surface area (Å²) in [5.41, 5.74) is 8.27. The second-order valence-corrected chi connectivity index (χ2v) is 5.15. The van der Waals surface area contributed by atoms with Gasteiger partial charge in [0.15, 0.2) is 0 Å². The fourth-order valence-electron chi connectivity index (χ4n) is 1.96. The lowest BCUT2D eigenvalue weighted by atomic mass is 10.1. The van der Waals surface area contributed by atoms with Gasteiger partial charge >= 0.3 is 0 Å². The normalized spacial score (nSPS) is 11.8. The number of carbonyl (C=O) groups excluding carboxylic acids is 2. The Hall–Kier alpha value is -1.88. The van der Waals surface area contributed by atoms with E-state index in [9.17, 15) is 9.59 Å². The maximum Gasteiger partial charge on any atom is 0.243 e. The standard InChI is InChI=1S/C15H23N3O2/c1-10-6-5-7-11(2)14(10)17-13(19)9-18(4)15(20)12(3)8-16/h5-7,12H,8-9,16H2,1-4H3,(H,17,19). The van der Waals surface area contributed by atoms with Gasteiger partial charge in [0, 0.05) is 25.2 Å². The number of hydrogen-bond acceptors (Lipinski definition) is 3. The zero-order valence-electron chi connectivity index (χ0n) is 12.6. The average molecular weight is 277 g/mol. The average Bonchev–Trinajstić information content (AvgIpc) is 2.41. The molecule has 0 aliphatic carbocycles. The summed E-state index contributed by atoms with van der Waals surface area (Å²) in [6.45, 7) is 5.93. The molecular formula is C15H23N3O2. The minimum atomic E-state index is -0.270. The zero-order chi connectivity index (χ0) is 15.3. The van der Waals surface area contributed by atoms with E-state index in [1.54, 1.807) is 14.0 Å². The highest BCUT2D eigenvalue weighted by atomic mass is 16.2. The molecule has 0 spiro atoms. The molecule has 0 aliphatic heterocycles. The second kappa shape index (κ2) is 7.05. The van der Waals surface area contributed by atoms with Gasteiger partial charge in [-0.1, -0.05) is 25.1 Å². The molecule has 110 valence electrons. The van der Waals surface area contributed by atoms with Gasteiger partial charge in [0.2, 0.25) is 11.8 Å². The van der Waals surface area contributed by atoms with Crippen molar-refractivity contribution in [1.29, 1.82) is 0 Å². The molecule has 20 heavy (non-hydrogen) atoms. The van der Waals surface area contributed by atoms with Crippen LogP contribution in [0.2, 0.25) is 0 Å². The molecule has 0 bridgehead atoms. The summed E-state index contributed by atoms with van der Waals surface area (Å²) in [5, 5.41) is 2.86. The molecule has 3 N–H and O–H groups in total. The first-order chi connectivity index (χ1) is 9.36. The molecule has 5 nitrogen and oxygen atoms in total. The number of nitrogens with two attached hydrogens (primary N) is 1. The Bertz CT molecular complexity index is 480. The van der Waals surface area contributed by atoms with E-state index in [4.69, 9.17) is 5.73 Å². The van der Waals surface area contributed by atoms with E-state index in [-0.39, 0.29) is 30.8 Å². The summed E-state index contributed by atoms with van der Waals surface area (Å²) in [6, 6.07) is 5.82. The third kappa shape index (κ3) is 4.06. The summed E-state index contributed by atoms with van der Waals surface area (Å²) in [6.07, 6.45) is 0. The van der Waals surface area contributed by atoms with Crippen molar-refractivity contribution in [1.82, 2.24) is 4.90 Å². The Balaban J connectivity index is 2.67. The Labute approximate surface area is 120 Å². The Morgan fingerprint density at radius 3 is 2.35 bits per heavy atom. The van der Waals surface area contributed by atoms with Crippen LogP contribution in [0.25, 0.3) is 0 Å². The number of anilines is 1.